The number of fused-ring (bicyclic) bond motifs is 5. The molecule has 0 amide bonds. The molecular formula is C70H85Cl2SiZr-3. The van der Waals surface area contributed by atoms with Crippen LogP contribution in [0.3, 0.4) is 0 Å². The summed E-state index contributed by atoms with van der Waals surface area (Å²) in [6, 6.07) is 51.8. The first-order valence-electron chi connectivity index (χ1n) is 27.4. The third kappa shape index (κ3) is 14.0. The van der Waals surface area contributed by atoms with Crippen LogP contribution in [0.2, 0.25) is 0 Å². The predicted molar refractivity (Wildman–Crippen MR) is 328 cm³/mol. The van der Waals surface area contributed by atoms with Crippen molar-refractivity contribution in [1.29, 1.82) is 0 Å². The van der Waals surface area contributed by atoms with Gasteiger partial charge in [0.1, 0.15) is 0 Å². The van der Waals surface area contributed by atoms with Gasteiger partial charge < -0.3 is 0 Å². The second kappa shape index (κ2) is 24.7. The van der Waals surface area contributed by atoms with E-state index in [2.05, 4.69) is 252 Å². The maximum Gasteiger partial charge on any atom is 0.0920 e. The molecule has 0 aliphatic carbocycles. The number of hydrogen-bond acceptors (Lipinski definition) is 0. The number of halogens is 2. The van der Waals surface area contributed by atoms with E-state index in [-0.39, 0.29) is 21.7 Å². The molecule has 2 unspecified atom stereocenters. The van der Waals surface area contributed by atoms with Gasteiger partial charge >= 0.3 is 37.9 Å². The van der Waals surface area contributed by atoms with Gasteiger partial charge in [0, 0.05) is 0 Å². The zero-order valence-electron chi connectivity index (χ0n) is 48.4. The summed E-state index contributed by atoms with van der Waals surface area (Å²) in [7, 11) is 10.7. The van der Waals surface area contributed by atoms with Crippen molar-refractivity contribution in [1.82, 2.24) is 0 Å². The van der Waals surface area contributed by atoms with E-state index in [1.807, 2.05) is 6.07 Å². The molecule has 0 aromatic heterocycles. The molecule has 8 aromatic carbocycles. The predicted octanol–water partition coefficient (Wildman–Crippen LogP) is 20.3. The molecule has 0 bridgehead atoms. The monoisotopic (exact) mass is 1110 g/mol. The average molecular weight is 1120 g/mol. The molecule has 2 atom stereocenters. The van der Waals surface area contributed by atoms with Crippen LogP contribution in [0.15, 0.2) is 127 Å². The summed E-state index contributed by atoms with van der Waals surface area (Å²) in [5, 5.41) is 8.43. The van der Waals surface area contributed by atoms with Gasteiger partial charge in [-0.15, -0.1) is 74.6 Å². The Labute approximate surface area is 470 Å². The van der Waals surface area contributed by atoms with Crippen molar-refractivity contribution < 1.29 is 20.8 Å². The third-order valence-electron chi connectivity index (χ3n) is 15.4. The molecule has 1 aliphatic rings. The third-order valence-corrected chi connectivity index (χ3v) is 16.7. The van der Waals surface area contributed by atoms with Crippen molar-refractivity contribution in [2.45, 2.75) is 184 Å². The summed E-state index contributed by atoms with van der Waals surface area (Å²) >= 11 is -0.826. The zero-order chi connectivity index (χ0) is 54.5. The minimum absolute atomic E-state index is 0.129. The number of benzene rings is 6. The Kier molecular flexibility index (Phi) is 19.8. The van der Waals surface area contributed by atoms with Crippen molar-refractivity contribution in [2.24, 2.45) is 0 Å². The van der Waals surface area contributed by atoms with E-state index in [1.165, 1.54) is 123 Å². The van der Waals surface area contributed by atoms with Gasteiger partial charge in [-0.25, -0.2) is 0 Å². The Balaban J connectivity index is 0.000000186. The molecule has 74 heavy (non-hydrogen) atoms. The molecule has 4 heteroatoms. The molecule has 0 fully saturated rings. The van der Waals surface area contributed by atoms with Crippen molar-refractivity contribution in [3.05, 3.63) is 178 Å². The van der Waals surface area contributed by atoms with Crippen LogP contribution in [0, 0.1) is 6.07 Å². The Hall–Kier alpha value is -3.78. The van der Waals surface area contributed by atoms with Crippen molar-refractivity contribution in [3.63, 3.8) is 0 Å². The first-order chi connectivity index (χ1) is 34.8. The first-order valence-corrected chi connectivity index (χ1v) is 34.7. The summed E-state index contributed by atoms with van der Waals surface area (Å²) < 4.78 is 0. The van der Waals surface area contributed by atoms with Gasteiger partial charge in [-0.05, 0) is 79.7 Å². The summed E-state index contributed by atoms with van der Waals surface area (Å²) in [5.74, 6) is 1.21. The maximum absolute atomic E-state index is 4.93. The fourth-order valence-corrected chi connectivity index (χ4v) is 11.3. The second-order valence-electron chi connectivity index (χ2n) is 24.9. The van der Waals surface area contributed by atoms with Gasteiger partial charge in [-0.1, -0.05) is 231 Å². The van der Waals surface area contributed by atoms with Gasteiger partial charge in [0.2, 0.25) is 0 Å². The van der Waals surface area contributed by atoms with Gasteiger partial charge in [-0.2, -0.15) is 41.6 Å². The van der Waals surface area contributed by atoms with E-state index in [1.54, 1.807) is 0 Å². The molecule has 8 aromatic rings. The van der Waals surface area contributed by atoms with Crippen LogP contribution in [0.5, 0.6) is 0 Å². The first kappa shape index (κ1) is 59.5. The van der Waals surface area contributed by atoms with E-state index >= 15 is 0 Å². The summed E-state index contributed by atoms with van der Waals surface area (Å²) in [6.07, 6.45) is 4.47. The van der Waals surface area contributed by atoms with Crippen LogP contribution >= 0.6 is 17.0 Å². The average Bonchev–Trinajstić information content (AvgIpc) is 4.10. The SMILES string of the molecule is CCc1ccc2[cH-]c(C(C)CC)cc2c1-c1cc(C(C)(C)C)cc(C(C)(C)C)c1.CCc1ccc2[cH-]c(C(C)CC)cc2c1-c1cc(C(C)(C)C)cc(C(C)(C)C)c1.[Cl][Zr][Cl].[c-]1cccc2c1[Si]c1ccccc1-2. The van der Waals surface area contributed by atoms with Crippen LogP contribution in [0.25, 0.3) is 54.9 Å². The van der Waals surface area contributed by atoms with Crippen molar-refractivity contribution in [2.75, 3.05) is 0 Å². The van der Waals surface area contributed by atoms with E-state index < -0.39 is 20.8 Å². The Morgan fingerprint density at radius 1 is 0.500 bits per heavy atom. The Morgan fingerprint density at radius 2 is 0.878 bits per heavy atom. The van der Waals surface area contributed by atoms with Crippen LogP contribution in [-0.2, 0) is 55.3 Å². The van der Waals surface area contributed by atoms with E-state index in [0.717, 1.165) is 22.4 Å². The van der Waals surface area contributed by atoms with E-state index in [4.69, 9.17) is 17.0 Å². The quantitative estimate of drug-likeness (QED) is 0.105. The number of hydrogen-bond donors (Lipinski definition) is 0. The molecule has 0 saturated carbocycles. The normalized spacial score (nSPS) is 13.2. The van der Waals surface area contributed by atoms with E-state index in [0.29, 0.717) is 11.8 Å². The molecule has 9 rings (SSSR count). The maximum atomic E-state index is 4.93. The zero-order valence-corrected chi connectivity index (χ0v) is 53.3. The molecule has 2 radical (unpaired) electrons. The molecule has 390 valence electrons. The summed E-state index contributed by atoms with van der Waals surface area (Å²) in [5.41, 5.74) is 20.5. The van der Waals surface area contributed by atoms with Crippen LogP contribution in [0.4, 0.5) is 0 Å². The number of aryl methyl sites for hydroxylation is 2. The topological polar surface area (TPSA) is 0 Å². The minimum atomic E-state index is -0.826. The largest absolute Gasteiger partial charge is 0.184 e. The van der Waals surface area contributed by atoms with Gasteiger partial charge in [-0.3, -0.25) is 0 Å². The van der Waals surface area contributed by atoms with Crippen LogP contribution < -0.4 is 10.4 Å². The van der Waals surface area contributed by atoms with Crippen molar-refractivity contribution in [3.8, 4) is 33.4 Å². The fourth-order valence-electron chi connectivity index (χ4n) is 10.0. The molecule has 0 N–H and O–H groups in total. The molecule has 1 aliphatic heterocycles. The van der Waals surface area contributed by atoms with Gasteiger partial charge in [0.15, 0.2) is 0 Å². The van der Waals surface area contributed by atoms with Crippen LogP contribution in [-0.4, -0.2) is 9.52 Å². The minimum Gasteiger partial charge on any atom is -0.184 e. The second-order valence-corrected chi connectivity index (χ2v) is 29.9. The molecule has 0 spiro atoms. The molecule has 0 nitrogen and oxygen atoms in total. The smallest absolute Gasteiger partial charge is 0.0920 e. The van der Waals surface area contributed by atoms with Gasteiger partial charge in [0.05, 0.1) is 9.52 Å². The summed E-state index contributed by atoms with van der Waals surface area (Å²) in [4.78, 5) is 0. The van der Waals surface area contributed by atoms with Crippen molar-refractivity contribution >= 4 is 58.5 Å². The Morgan fingerprint density at radius 3 is 1.24 bits per heavy atom. The molecule has 1 heterocycles. The fraction of sp³-hybridized carbons (Fsp3) is 0.400. The number of rotatable bonds is 8. The molecular weight excluding hydrogens is 1030 g/mol. The van der Waals surface area contributed by atoms with E-state index in [9.17, 15) is 0 Å². The Bertz CT molecular complexity index is 2870. The summed E-state index contributed by atoms with van der Waals surface area (Å²) in [6.45, 7) is 41.7. The molecule has 0 saturated heterocycles. The van der Waals surface area contributed by atoms with Crippen LogP contribution in [0.1, 0.15) is 194 Å². The standard InChI is InChI=1S/2C29H39.C12H7Si.2ClH.Zr/c2*1-10-19(3)22-14-21-13-12-20(11-2)27(26(21)17-22)23-15-24(28(4,5)6)18-25(16-23)29(7,8)9;1-3-7-11-9(5-1)10-6-2-4-8-12(10)13-11;;;/h2*12-19H,10-11H2,1-9H3;1-7H;2*1H;/q3*-1;;;+2/p-2. The van der Waals surface area contributed by atoms with Gasteiger partial charge in [0.25, 0.3) is 0 Å².